The molecule has 1 N–H and O–H groups in total. The predicted octanol–water partition coefficient (Wildman–Crippen LogP) is 2.90. The highest BCUT2D eigenvalue weighted by molar-refractivity contribution is 7.14. The molecule has 2 heterocycles. The monoisotopic (exact) mass is 380 g/mol. The number of anilines is 1. The molecule has 2 rings (SSSR count). The van der Waals surface area contributed by atoms with Crippen molar-refractivity contribution in [2.24, 2.45) is 0 Å². The molecule has 2 aromatic heterocycles. The molecule has 8 nitrogen and oxygen atoms in total. The Bertz CT molecular complexity index is 741. The molecule has 0 spiro atoms. The number of carbonyl (C=O) groups is 2. The van der Waals surface area contributed by atoms with E-state index in [4.69, 9.17) is 9.47 Å². The summed E-state index contributed by atoms with van der Waals surface area (Å²) in [6.45, 7) is 7.30. The predicted molar refractivity (Wildman–Crippen MR) is 98.7 cm³/mol. The van der Waals surface area contributed by atoms with Gasteiger partial charge in [0.15, 0.2) is 5.13 Å². The van der Waals surface area contributed by atoms with Crippen LogP contribution in [0.5, 0.6) is 5.88 Å². The van der Waals surface area contributed by atoms with Crippen molar-refractivity contribution in [3.63, 3.8) is 0 Å². The minimum atomic E-state index is -0.341. The van der Waals surface area contributed by atoms with Crippen molar-refractivity contribution in [1.82, 2.24) is 14.8 Å². The lowest BCUT2D eigenvalue weighted by Gasteiger charge is -2.03. The Balaban J connectivity index is 2.07. The number of nitrogens with zero attached hydrogens (tertiary/aromatic N) is 3. The molecule has 0 saturated carbocycles. The summed E-state index contributed by atoms with van der Waals surface area (Å²) in [6, 6.07) is 0. The number of esters is 1. The average molecular weight is 380 g/mol. The SMILES string of the molecule is CCCOc1nn(CCC)cc1C(=O)Nc1nc(CC(=O)OCC)cs1. The van der Waals surface area contributed by atoms with E-state index in [1.54, 1.807) is 23.2 Å². The zero-order valence-electron chi connectivity index (χ0n) is 15.3. The number of rotatable bonds is 10. The fraction of sp³-hybridized carbons (Fsp3) is 0.529. The topological polar surface area (TPSA) is 95.3 Å². The minimum Gasteiger partial charge on any atom is -0.476 e. The summed E-state index contributed by atoms with van der Waals surface area (Å²) < 4.78 is 12.2. The molecular weight excluding hydrogens is 356 g/mol. The normalized spacial score (nSPS) is 10.6. The summed E-state index contributed by atoms with van der Waals surface area (Å²) in [5, 5.41) is 9.20. The molecular formula is C17H24N4O4S. The van der Waals surface area contributed by atoms with Gasteiger partial charge in [-0.3, -0.25) is 19.6 Å². The van der Waals surface area contributed by atoms with E-state index >= 15 is 0 Å². The van der Waals surface area contributed by atoms with Crippen LogP contribution in [0.2, 0.25) is 0 Å². The first kappa shape index (κ1) is 19.9. The van der Waals surface area contributed by atoms with Gasteiger partial charge >= 0.3 is 5.97 Å². The maximum atomic E-state index is 12.6. The quantitative estimate of drug-likeness (QED) is 0.637. The lowest BCUT2D eigenvalue weighted by molar-refractivity contribution is -0.142. The smallest absolute Gasteiger partial charge is 0.311 e. The van der Waals surface area contributed by atoms with Gasteiger partial charge in [0.05, 0.1) is 25.3 Å². The Kier molecular flexibility index (Phi) is 7.58. The van der Waals surface area contributed by atoms with E-state index in [-0.39, 0.29) is 18.3 Å². The van der Waals surface area contributed by atoms with Gasteiger partial charge in [0, 0.05) is 18.1 Å². The highest BCUT2D eigenvalue weighted by Crippen LogP contribution is 2.21. The fourth-order valence-corrected chi connectivity index (χ4v) is 2.88. The van der Waals surface area contributed by atoms with Crippen LogP contribution in [-0.4, -0.2) is 39.9 Å². The van der Waals surface area contributed by atoms with Crippen molar-refractivity contribution in [1.29, 1.82) is 0 Å². The van der Waals surface area contributed by atoms with Gasteiger partial charge in [-0.2, -0.15) is 0 Å². The first-order chi connectivity index (χ1) is 12.6. The van der Waals surface area contributed by atoms with Gasteiger partial charge in [-0.1, -0.05) is 13.8 Å². The number of ether oxygens (including phenoxy) is 2. The van der Waals surface area contributed by atoms with Gasteiger partial charge in [-0.15, -0.1) is 16.4 Å². The average Bonchev–Trinajstić information content (AvgIpc) is 3.20. The largest absolute Gasteiger partial charge is 0.476 e. The number of carbonyl (C=O) groups excluding carboxylic acids is 2. The highest BCUT2D eigenvalue weighted by atomic mass is 32.1. The maximum Gasteiger partial charge on any atom is 0.311 e. The molecule has 0 aliphatic heterocycles. The molecule has 0 unspecified atom stereocenters. The summed E-state index contributed by atoms with van der Waals surface area (Å²) in [5.41, 5.74) is 0.932. The molecule has 0 aliphatic rings. The summed E-state index contributed by atoms with van der Waals surface area (Å²) in [6.07, 6.45) is 3.49. The molecule has 0 radical (unpaired) electrons. The highest BCUT2D eigenvalue weighted by Gasteiger charge is 2.19. The maximum absolute atomic E-state index is 12.6. The first-order valence-electron chi connectivity index (χ1n) is 8.68. The second-order valence-electron chi connectivity index (χ2n) is 5.54. The van der Waals surface area contributed by atoms with Gasteiger partial charge in [0.2, 0.25) is 5.88 Å². The van der Waals surface area contributed by atoms with Crippen molar-refractivity contribution in [3.8, 4) is 5.88 Å². The summed E-state index contributed by atoms with van der Waals surface area (Å²) >= 11 is 1.25. The van der Waals surface area contributed by atoms with E-state index in [1.807, 2.05) is 13.8 Å². The van der Waals surface area contributed by atoms with Crippen LogP contribution in [0.4, 0.5) is 5.13 Å². The van der Waals surface area contributed by atoms with Gasteiger partial charge in [0.1, 0.15) is 5.56 Å². The van der Waals surface area contributed by atoms with E-state index in [1.165, 1.54) is 11.3 Å². The van der Waals surface area contributed by atoms with E-state index < -0.39 is 0 Å². The zero-order chi connectivity index (χ0) is 18.9. The van der Waals surface area contributed by atoms with Crippen molar-refractivity contribution in [3.05, 3.63) is 22.8 Å². The standard InChI is InChI=1S/C17H24N4O4S/c1-4-7-21-10-13(16(20-21)25-8-5-2)15(23)19-17-18-12(11-26-17)9-14(22)24-6-3/h10-11H,4-9H2,1-3H3,(H,18,19,23). The van der Waals surface area contributed by atoms with E-state index in [9.17, 15) is 9.59 Å². The molecule has 9 heteroatoms. The van der Waals surface area contributed by atoms with Crippen LogP contribution < -0.4 is 10.1 Å². The molecule has 0 fully saturated rings. The third-order valence-electron chi connectivity index (χ3n) is 3.27. The fourth-order valence-electron chi connectivity index (χ4n) is 2.18. The lowest BCUT2D eigenvalue weighted by atomic mass is 10.3. The summed E-state index contributed by atoms with van der Waals surface area (Å²) in [5.74, 6) is -0.358. The van der Waals surface area contributed by atoms with Crippen LogP contribution in [-0.2, 0) is 22.5 Å². The molecule has 142 valence electrons. The van der Waals surface area contributed by atoms with E-state index in [0.29, 0.717) is 42.0 Å². The molecule has 0 aliphatic carbocycles. The zero-order valence-corrected chi connectivity index (χ0v) is 16.1. The number of hydrogen-bond acceptors (Lipinski definition) is 7. The molecule has 0 aromatic carbocycles. The Labute approximate surface area is 156 Å². The van der Waals surface area contributed by atoms with Crippen molar-refractivity contribution >= 4 is 28.3 Å². The van der Waals surface area contributed by atoms with Gasteiger partial charge in [-0.25, -0.2) is 4.98 Å². The minimum absolute atomic E-state index is 0.0828. The van der Waals surface area contributed by atoms with Gasteiger partial charge in [0.25, 0.3) is 5.91 Å². The lowest BCUT2D eigenvalue weighted by Crippen LogP contribution is -2.13. The van der Waals surface area contributed by atoms with Gasteiger partial charge < -0.3 is 9.47 Å². The van der Waals surface area contributed by atoms with Crippen molar-refractivity contribution < 1.29 is 19.1 Å². The Morgan fingerprint density at radius 3 is 2.77 bits per heavy atom. The second-order valence-corrected chi connectivity index (χ2v) is 6.40. The van der Waals surface area contributed by atoms with Crippen LogP contribution in [0.25, 0.3) is 0 Å². The van der Waals surface area contributed by atoms with Crippen molar-refractivity contribution in [2.75, 3.05) is 18.5 Å². The van der Waals surface area contributed by atoms with Crippen LogP contribution in [0, 0.1) is 0 Å². The molecule has 26 heavy (non-hydrogen) atoms. The summed E-state index contributed by atoms with van der Waals surface area (Å²) in [4.78, 5) is 28.3. The molecule has 0 saturated heterocycles. The molecule has 1 amide bonds. The van der Waals surface area contributed by atoms with E-state index in [0.717, 1.165) is 12.8 Å². The second kappa shape index (κ2) is 9.91. The van der Waals surface area contributed by atoms with Crippen LogP contribution >= 0.6 is 11.3 Å². The van der Waals surface area contributed by atoms with Gasteiger partial charge in [-0.05, 0) is 19.8 Å². The number of hydrogen-bond donors (Lipinski definition) is 1. The van der Waals surface area contributed by atoms with Crippen LogP contribution in [0.1, 0.15) is 49.7 Å². The van der Waals surface area contributed by atoms with Crippen molar-refractivity contribution in [2.45, 2.75) is 46.6 Å². The van der Waals surface area contributed by atoms with E-state index in [2.05, 4.69) is 15.4 Å². The Hall–Kier alpha value is -2.42. The van der Waals surface area contributed by atoms with Crippen LogP contribution in [0.15, 0.2) is 11.6 Å². The third-order valence-corrected chi connectivity index (χ3v) is 4.08. The summed E-state index contributed by atoms with van der Waals surface area (Å²) in [7, 11) is 0. The molecule has 0 bridgehead atoms. The molecule has 0 atom stereocenters. The number of thiazole rings is 1. The Morgan fingerprint density at radius 2 is 2.08 bits per heavy atom. The number of aryl methyl sites for hydroxylation is 1. The third kappa shape index (κ3) is 5.55. The number of amides is 1. The molecule has 2 aromatic rings. The van der Waals surface area contributed by atoms with Crippen LogP contribution in [0.3, 0.4) is 0 Å². The number of nitrogens with one attached hydrogen (secondary N) is 1. The number of aromatic nitrogens is 3. The Morgan fingerprint density at radius 1 is 1.27 bits per heavy atom. The first-order valence-corrected chi connectivity index (χ1v) is 9.56.